The van der Waals surface area contributed by atoms with Crippen LogP contribution in [0.3, 0.4) is 0 Å². The summed E-state index contributed by atoms with van der Waals surface area (Å²) in [5.41, 5.74) is -0.233. The van der Waals surface area contributed by atoms with Crippen molar-refractivity contribution in [3.8, 4) is 6.07 Å². The number of amides is 2. The Hall–Kier alpha value is -3.14. The highest BCUT2D eigenvalue weighted by Crippen LogP contribution is 2.28. The first-order chi connectivity index (χ1) is 12.4. The van der Waals surface area contributed by atoms with Crippen molar-refractivity contribution in [3.05, 3.63) is 41.6 Å². The van der Waals surface area contributed by atoms with E-state index in [-0.39, 0.29) is 5.70 Å². The van der Waals surface area contributed by atoms with E-state index in [1.54, 1.807) is 24.3 Å². The Bertz CT molecular complexity index is 744. The van der Waals surface area contributed by atoms with E-state index in [1.807, 2.05) is 6.07 Å². The van der Waals surface area contributed by atoms with Crippen molar-refractivity contribution in [1.82, 2.24) is 10.6 Å². The predicted octanol–water partition coefficient (Wildman–Crippen LogP) is 1.66. The van der Waals surface area contributed by atoms with Gasteiger partial charge in [-0.2, -0.15) is 5.26 Å². The van der Waals surface area contributed by atoms with E-state index in [1.165, 1.54) is 13.0 Å². The molecule has 26 heavy (non-hydrogen) atoms. The van der Waals surface area contributed by atoms with E-state index in [2.05, 4.69) is 16.7 Å². The summed E-state index contributed by atoms with van der Waals surface area (Å²) in [6.45, 7) is 0.754. The molecule has 0 atom stereocenters. The van der Waals surface area contributed by atoms with Gasteiger partial charge in [-0.15, -0.1) is 0 Å². The first kappa shape index (κ1) is 19.2. The molecule has 2 rings (SSSR count). The largest absolute Gasteiger partial charge is 0.451 e. The van der Waals surface area contributed by atoms with Crippen molar-refractivity contribution >= 4 is 23.9 Å². The van der Waals surface area contributed by atoms with Gasteiger partial charge in [0.15, 0.2) is 6.61 Å². The van der Waals surface area contributed by atoms with Gasteiger partial charge in [0.1, 0.15) is 11.2 Å². The maximum atomic E-state index is 12.2. The van der Waals surface area contributed by atoms with Crippen LogP contribution in [0.25, 0.3) is 6.08 Å². The maximum Gasteiger partial charge on any atom is 0.355 e. The topological polar surface area (TPSA) is 108 Å². The summed E-state index contributed by atoms with van der Waals surface area (Å²) < 4.78 is 5.00. The lowest BCUT2D eigenvalue weighted by Gasteiger charge is -2.21. The van der Waals surface area contributed by atoms with E-state index >= 15 is 0 Å². The number of carbonyl (C=O) groups is 3. The number of nitrogens with one attached hydrogen (secondary N) is 2. The number of esters is 1. The molecule has 1 aliphatic carbocycles. The summed E-state index contributed by atoms with van der Waals surface area (Å²) in [7, 11) is 0. The van der Waals surface area contributed by atoms with Crippen LogP contribution in [0.2, 0.25) is 0 Å². The molecular weight excluding hydrogens is 334 g/mol. The van der Waals surface area contributed by atoms with Crippen LogP contribution in [0, 0.1) is 11.3 Å². The normalized spacial score (nSPS) is 15.6. The number of hydrogen-bond acceptors (Lipinski definition) is 5. The Labute approximate surface area is 152 Å². The third kappa shape index (κ3) is 5.45. The Morgan fingerprint density at radius 3 is 2.46 bits per heavy atom. The van der Waals surface area contributed by atoms with Crippen LogP contribution in [0.1, 0.15) is 38.2 Å². The molecular formula is C19H21N3O4. The second kappa shape index (κ2) is 8.81. The SMILES string of the molecule is CC(=O)N/C(=C\c1ccccc1)C(=O)OCC(=O)NC1(C#N)CCCC1. The lowest BCUT2D eigenvalue weighted by molar-refractivity contribution is -0.146. The fourth-order valence-electron chi connectivity index (χ4n) is 2.81. The van der Waals surface area contributed by atoms with Gasteiger partial charge in [-0.25, -0.2) is 4.79 Å². The van der Waals surface area contributed by atoms with Crippen LogP contribution >= 0.6 is 0 Å². The molecule has 1 aromatic rings. The molecule has 1 saturated carbocycles. The van der Waals surface area contributed by atoms with Crippen LogP contribution in [0.5, 0.6) is 0 Å². The lowest BCUT2D eigenvalue weighted by Crippen LogP contribution is -2.47. The zero-order valence-corrected chi connectivity index (χ0v) is 14.6. The Morgan fingerprint density at radius 2 is 1.88 bits per heavy atom. The van der Waals surface area contributed by atoms with Gasteiger partial charge in [0.25, 0.3) is 5.91 Å². The van der Waals surface area contributed by atoms with Crippen molar-refractivity contribution < 1.29 is 19.1 Å². The summed E-state index contributed by atoms with van der Waals surface area (Å²) in [6, 6.07) is 11.1. The molecule has 0 radical (unpaired) electrons. The summed E-state index contributed by atoms with van der Waals surface area (Å²) in [5.74, 6) is -1.79. The molecule has 2 N–H and O–H groups in total. The first-order valence-electron chi connectivity index (χ1n) is 8.38. The highest BCUT2D eigenvalue weighted by atomic mass is 16.5. The minimum absolute atomic E-state index is 0.0626. The second-order valence-electron chi connectivity index (χ2n) is 6.18. The van der Waals surface area contributed by atoms with Crippen LogP contribution in [-0.4, -0.2) is 29.9 Å². The Morgan fingerprint density at radius 1 is 1.23 bits per heavy atom. The third-order valence-corrected chi connectivity index (χ3v) is 4.03. The monoisotopic (exact) mass is 355 g/mol. The highest BCUT2D eigenvalue weighted by molar-refractivity contribution is 5.98. The van der Waals surface area contributed by atoms with E-state index < -0.39 is 29.9 Å². The fourth-order valence-corrected chi connectivity index (χ4v) is 2.81. The molecule has 0 spiro atoms. The fraction of sp³-hybridized carbons (Fsp3) is 0.368. The number of benzene rings is 1. The van der Waals surface area contributed by atoms with Crippen LogP contribution in [0.15, 0.2) is 36.0 Å². The number of nitrogens with zero attached hydrogens (tertiary/aromatic N) is 1. The number of carbonyl (C=O) groups excluding carboxylic acids is 3. The third-order valence-electron chi connectivity index (χ3n) is 4.03. The van der Waals surface area contributed by atoms with Crippen molar-refractivity contribution in [2.75, 3.05) is 6.61 Å². The molecule has 0 heterocycles. The van der Waals surface area contributed by atoms with Crippen LogP contribution in [0.4, 0.5) is 0 Å². The van der Waals surface area contributed by atoms with Gasteiger partial charge in [0.05, 0.1) is 6.07 Å². The molecule has 1 aliphatic rings. The van der Waals surface area contributed by atoms with Crippen LogP contribution in [-0.2, 0) is 19.1 Å². The van der Waals surface area contributed by atoms with Gasteiger partial charge in [0.2, 0.25) is 5.91 Å². The lowest BCUT2D eigenvalue weighted by atomic mass is 10.00. The zero-order chi connectivity index (χ0) is 19.0. The van der Waals surface area contributed by atoms with E-state index in [4.69, 9.17) is 4.74 Å². The zero-order valence-electron chi connectivity index (χ0n) is 14.6. The quantitative estimate of drug-likeness (QED) is 0.596. The molecule has 0 aromatic heterocycles. The second-order valence-corrected chi connectivity index (χ2v) is 6.18. The standard InChI is InChI=1S/C19H21N3O4/c1-14(23)21-16(11-15-7-3-2-4-8-15)18(25)26-12-17(24)22-19(13-20)9-5-6-10-19/h2-4,7-8,11H,5-6,9-10,12H2,1H3,(H,21,23)(H,22,24)/b16-11-. The van der Waals surface area contributed by atoms with E-state index in [0.29, 0.717) is 18.4 Å². The minimum Gasteiger partial charge on any atom is -0.451 e. The summed E-state index contributed by atoms with van der Waals surface area (Å²) >= 11 is 0. The van der Waals surface area contributed by atoms with Crippen LogP contribution < -0.4 is 10.6 Å². The predicted molar refractivity (Wildman–Crippen MR) is 94.1 cm³/mol. The van der Waals surface area contributed by atoms with Gasteiger partial charge in [-0.1, -0.05) is 30.3 Å². The van der Waals surface area contributed by atoms with Gasteiger partial charge < -0.3 is 15.4 Å². The Balaban J connectivity index is 1.98. The number of ether oxygens (including phenoxy) is 1. The molecule has 1 fully saturated rings. The van der Waals surface area contributed by atoms with Crippen molar-refractivity contribution in [2.24, 2.45) is 0 Å². The summed E-state index contributed by atoms with van der Waals surface area (Å²) in [5, 5.41) is 14.3. The van der Waals surface area contributed by atoms with Crippen molar-refractivity contribution in [2.45, 2.75) is 38.1 Å². The summed E-state index contributed by atoms with van der Waals surface area (Å²) in [6.07, 6.45) is 4.40. The summed E-state index contributed by atoms with van der Waals surface area (Å²) in [4.78, 5) is 35.6. The molecule has 136 valence electrons. The van der Waals surface area contributed by atoms with E-state index in [9.17, 15) is 19.6 Å². The molecule has 7 heteroatoms. The van der Waals surface area contributed by atoms with Gasteiger partial charge >= 0.3 is 5.97 Å². The van der Waals surface area contributed by atoms with Gasteiger partial charge in [-0.05, 0) is 37.3 Å². The van der Waals surface area contributed by atoms with Crippen molar-refractivity contribution in [3.63, 3.8) is 0 Å². The molecule has 0 aliphatic heterocycles. The van der Waals surface area contributed by atoms with E-state index in [0.717, 1.165) is 12.8 Å². The first-order valence-corrected chi connectivity index (χ1v) is 8.38. The van der Waals surface area contributed by atoms with Crippen molar-refractivity contribution in [1.29, 1.82) is 5.26 Å². The molecule has 0 saturated heterocycles. The molecule has 7 nitrogen and oxygen atoms in total. The van der Waals surface area contributed by atoms with Gasteiger partial charge in [-0.3, -0.25) is 9.59 Å². The minimum atomic E-state index is -0.871. The van der Waals surface area contributed by atoms with Gasteiger partial charge in [0, 0.05) is 6.92 Å². The molecule has 2 amide bonds. The smallest absolute Gasteiger partial charge is 0.355 e. The number of nitriles is 1. The number of rotatable bonds is 6. The average molecular weight is 355 g/mol. The average Bonchev–Trinajstić information content (AvgIpc) is 3.08. The molecule has 1 aromatic carbocycles. The molecule has 0 unspecified atom stereocenters. The Kier molecular flexibility index (Phi) is 6.50. The highest BCUT2D eigenvalue weighted by Gasteiger charge is 2.35. The number of hydrogen-bond donors (Lipinski definition) is 2. The molecule has 0 bridgehead atoms. The maximum absolute atomic E-state index is 12.2.